The molecule has 0 atom stereocenters. The van der Waals surface area contributed by atoms with Gasteiger partial charge in [-0.2, -0.15) is 4.36 Å². The van der Waals surface area contributed by atoms with Crippen LogP contribution >= 0.6 is 0 Å². The molecule has 0 aromatic heterocycles. The van der Waals surface area contributed by atoms with Gasteiger partial charge in [0.2, 0.25) is 0 Å². The third-order valence-corrected chi connectivity index (χ3v) is 2.12. The Bertz CT molecular complexity index is 290. The molecule has 0 spiro atoms. The van der Waals surface area contributed by atoms with Gasteiger partial charge in [0.15, 0.2) is 0 Å². The van der Waals surface area contributed by atoms with Gasteiger partial charge in [0.05, 0.1) is 5.54 Å². The minimum Gasteiger partial charge on any atom is -0.317 e. The molecule has 4 nitrogen and oxygen atoms in total. The average Bonchev–Trinajstić information content (AvgIpc) is 2.44. The zero-order valence-electron chi connectivity index (χ0n) is 6.66. The topological polar surface area (TPSA) is 72.5 Å². The summed E-state index contributed by atoms with van der Waals surface area (Å²) >= 11 is 0. The van der Waals surface area contributed by atoms with E-state index in [0.717, 1.165) is 0 Å². The van der Waals surface area contributed by atoms with Gasteiger partial charge in [-0.3, -0.25) is 4.79 Å². The number of nitrogens with two attached hydrogens (primary N) is 1. The summed E-state index contributed by atoms with van der Waals surface area (Å²) in [5.74, 6) is -0.410. The van der Waals surface area contributed by atoms with Crippen LogP contribution in [-0.2, 0) is 14.5 Å². The molecular formula is C6H12N2O2S. The van der Waals surface area contributed by atoms with Crippen LogP contribution < -0.4 is 5.73 Å². The molecule has 11 heavy (non-hydrogen) atoms. The van der Waals surface area contributed by atoms with E-state index in [9.17, 15) is 9.00 Å². The summed E-state index contributed by atoms with van der Waals surface area (Å²) in [5.41, 5.74) is 4.76. The molecule has 0 bridgehead atoms. The van der Waals surface area contributed by atoms with Crippen molar-refractivity contribution >= 4 is 15.6 Å². The number of nitrogens with zero attached hydrogens (tertiary/aromatic N) is 1. The van der Waals surface area contributed by atoms with Crippen molar-refractivity contribution in [3.8, 4) is 0 Å². The van der Waals surface area contributed by atoms with E-state index in [-0.39, 0.29) is 0 Å². The van der Waals surface area contributed by atoms with Gasteiger partial charge in [-0.15, -0.1) is 0 Å². The molecule has 0 aromatic carbocycles. The first-order valence-corrected chi connectivity index (χ1v) is 5.67. The van der Waals surface area contributed by atoms with Crippen molar-refractivity contribution in [2.75, 3.05) is 12.5 Å². The zero-order valence-corrected chi connectivity index (χ0v) is 7.48. The van der Waals surface area contributed by atoms with Gasteiger partial charge in [-0.05, 0) is 12.8 Å². The van der Waals surface area contributed by atoms with Crippen LogP contribution in [0.2, 0.25) is 0 Å². The number of rotatable bonds is 1. The van der Waals surface area contributed by atoms with Crippen molar-refractivity contribution < 1.29 is 9.00 Å². The second-order valence-electron chi connectivity index (χ2n) is 3.23. The van der Waals surface area contributed by atoms with Gasteiger partial charge in [0.25, 0.3) is 5.91 Å². The van der Waals surface area contributed by atoms with Gasteiger partial charge >= 0.3 is 0 Å². The number of hydrogen-bond donors (Lipinski definition) is 1. The van der Waals surface area contributed by atoms with Crippen molar-refractivity contribution in [3.05, 3.63) is 0 Å². The molecule has 5 heteroatoms. The Labute approximate surface area is 66.3 Å². The molecule has 1 fully saturated rings. The smallest absolute Gasteiger partial charge is 0.273 e. The highest BCUT2D eigenvalue weighted by Crippen LogP contribution is 2.33. The standard InChI is InChI=1S/C6H12N2O2S/c1-11(2,10)8-5(9)6(7)3-4-6/h3-4,7H2,1-2H3. The van der Waals surface area contributed by atoms with E-state index < -0.39 is 21.2 Å². The van der Waals surface area contributed by atoms with E-state index in [0.29, 0.717) is 12.8 Å². The van der Waals surface area contributed by atoms with Crippen LogP contribution in [0.4, 0.5) is 0 Å². The average molecular weight is 176 g/mol. The minimum atomic E-state index is -2.32. The number of amides is 1. The normalized spacial score (nSPS) is 21.0. The number of hydrogen-bond acceptors (Lipinski definition) is 3. The summed E-state index contributed by atoms with van der Waals surface area (Å²) < 4.78 is 14.5. The van der Waals surface area contributed by atoms with Crippen molar-refractivity contribution in [1.82, 2.24) is 0 Å². The first-order chi connectivity index (χ1) is 4.83. The van der Waals surface area contributed by atoms with Crippen LogP contribution in [0.15, 0.2) is 4.36 Å². The summed E-state index contributed by atoms with van der Waals surface area (Å²) in [4.78, 5) is 11.1. The maximum atomic E-state index is 11.1. The molecule has 0 radical (unpaired) electrons. The SMILES string of the molecule is CS(C)(=O)=NC(=O)C1(N)CC1. The van der Waals surface area contributed by atoms with Crippen LogP contribution in [0, 0.1) is 0 Å². The van der Waals surface area contributed by atoms with E-state index in [1.807, 2.05) is 0 Å². The summed E-state index contributed by atoms with van der Waals surface area (Å²) in [6.07, 6.45) is 4.20. The number of carbonyl (C=O) groups is 1. The molecule has 2 N–H and O–H groups in total. The van der Waals surface area contributed by atoms with Crippen LogP contribution in [0.1, 0.15) is 12.8 Å². The Hall–Kier alpha value is -0.420. The lowest BCUT2D eigenvalue weighted by atomic mass is 10.3. The predicted molar refractivity (Wildman–Crippen MR) is 43.6 cm³/mol. The molecular weight excluding hydrogens is 164 g/mol. The summed E-state index contributed by atoms with van der Waals surface area (Å²) in [5, 5.41) is 0. The van der Waals surface area contributed by atoms with Crippen LogP contribution in [0.5, 0.6) is 0 Å². The summed E-state index contributed by atoms with van der Waals surface area (Å²) in [7, 11) is -2.32. The molecule has 0 unspecified atom stereocenters. The summed E-state index contributed by atoms with van der Waals surface area (Å²) in [6.45, 7) is 0. The van der Waals surface area contributed by atoms with Crippen molar-refractivity contribution in [2.24, 2.45) is 10.1 Å². The van der Waals surface area contributed by atoms with Gasteiger partial charge in [-0.1, -0.05) is 0 Å². The third kappa shape index (κ3) is 2.27. The molecule has 0 heterocycles. The molecule has 1 aliphatic carbocycles. The molecule has 1 aliphatic rings. The second kappa shape index (κ2) is 2.28. The highest BCUT2D eigenvalue weighted by Gasteiger charge is 2.46. The fourth-order valence-electron chi connectivity index (χ4n) is 0.639. The fraction of sp³-hybridized carbons (Fsp3) is 0.833. The highest BCUT2D eigenvalue weighted by molar-refractivity contribution is 7.92. The van der Waals surface area contributed by atoms with E-state index >= 15 is 0 Å². The Balaban J connectivity index is 2.80. The van der Waals surface area contributed by atoms with Gasteiger partial charge in [0, 0.05) is 22.2 Å². The molecule has 0 aliphatic heterocycles. The zero-order chi connectivity index (χ0) is 8.70. The molecule has 0 aromatic rings. The molecule has 64 valence electrons. The predicted octanol–water partition coefficient (Wildman–Crippen LogP) is -0.268. The third-order valence-electron chi connectivity index (χ3n) is 1.52. The lowest BCUT2D eigenvalue weighted by molar-refractivity contribution is -0.119. The maximum absolute atomic E-state index is 11.1. The fourth-order valence-corrected chi connectivity index (χ4v) is 1.22. The first kappa shape index (κ1) is 8.67. The molecule has 1 rings (SSSR count). The Morgan fingerprint density at radius 3 is 2.27 bits per heavy atom. The lowest BCUT2D eigenvalue weighted by Crippen LogP contribution is -2.31. The van der Waals surface area contributed by atoms with E-state index in [2.05, 4.69) is 4.36 Å². The number of carbonyl (C=O) groups excluding carboxylic acids is 1. The van der Waals surface area contributed by atoms with Crippen LogP contribution in [0.3, 0.4) is 0 Å². The second-order valence-corrected chi connectivity index (χ2v) is 5.78. The quantitative estimate of drug-likeness (QED) is 0.598. The molecule has 1 saturated carbocycles. The van der Waals surface area contributed by atoms with Crippen molar-refractivity contribution in [2.45, 2.75) is 18.4 Å². The minimum absolute atomic E-state index is 0.410. The molecule has 0 saturated heterocycles. The summed E-state index contributed by atoms with van der Waals surface area (Å²) in [6, 6.07) is 0. The maximum Gasteiger partial charge on any atom is 0.273 e. The van der Waals surface area contributed by atoms with Crippen LogP contribution in [0.25, 0.3) is 0 Å². The first-order valence-electron chi connectivity index (χ1n) is 3.34. The Morgan fingerprint density at radius 1 is 1.55 bits per heavy atom. The Morgan fingerprint density at radius 2 is 2.00 bits per heavy atom. The van der Waals surface area contributed by atoms with E-state index in [4.69, 9.17) is 5.73 Å². The molecule has 1 amide bonds. The van der Waals surface area contributed by atoms with Crippen molar-refractivity contribution in [1.29, 1.82) is 0 Å². The van der Waals surface area contributed by atoms with Crippen molar-refractivity contribution in [3.63, 3.8) is 0 Å². The van der Waals surface area contributed by atoms with Gasteiger partial charge < -0.3 is 5.73 Å². The van der Waals surface area contributed by atoms with E-state index in [1.54, 1.807) is 0 Å². The van der Waals surface area contributed by atoms with Gasteiger partial charge in [-0.25, -0.2) is 4.21 Å². The van der Waals surface area contributed by atoms with Crippen LogP contribution in [-0.4, -0.2) is 28.2 Å². The van der Waals surface area contributed by atoms with Gasteiger partial charge in [0.1, 0.15) is 0 Å². The Kier molecular flexibility index (Phi) is 1.80. The lowest BCUT2D eigenvalue weighted by Gasteiger charge is -2.01. The highest BCUT2D eigenvalue weighted by atomic mass is 32.2. The monoisotopic (exact) mass is 176 g/mol. The largest absolute Gasteiger partial charge is 0.317 e. The van der Waals surface area contributed by atoms with E-state index in [1.165, 1.54) is 12.5 Å².